The average Bonchev–Trinajstić information content (AvgIpc) is 2.44. The lowest BCUT2D eigenvalue weighted by Gasteiger charge is -2.35. The second-order valence-corrected chi connectivity index (χ2v) is 6.14. The van der Waals surface area contributed by atoms with Crippen LogP contribution in [0, 0.1) is 18.2 Å². The van der Waals surface area contributed by atoms with Crippen molar-refractivity contribution in [3.63, 3.8) is 0 Å². The third-order valence-corrected chi connectivity index (χ3v) is 4.89. The summed E-state index contributed by atoms with van der Waals surface area (Å²) < 4.78 is 13.2. The van der Waals surface area contributed by atoms with E-state index in [2.05, 4.69) is 5.32 Å². The topological polar surface area (TPSA) is 12.0 Å². The molecular formula is C16H23ClFN. The molecule has 0 bridgehead atoms. The van der Waals surface area contributed by atoms with Crippen LogP contribution in [0.4, 0.5) is 4.39 Å². The fourth-order valence-corrected chi connectivity index (χ4v) is 3.31. The van der Waals surface area contributed by atoms with Crippen molar-refractivity contribution in [2.75, 3.05) is 12.4 Å². The van der Waals surface area contributed by atoms with Gasteiger partial charge >= 0.3 is 0 Å². The van der Waals surface area contributed by atoms with Gasteiger partial charge in [0.25, 0.3) is 0 Å². The van der Waals surface area contributed by atoms with Crippen molar-refractivity contribution >= 4 is 11.6 Å². The summed E-state index contributed by atoms with van der Waals surface area (Å²) in [5, 5.41) is 3.48. The Morgan fingerprint density at radius 2 is 2.00 bits per heavy atom. The highest BCUT2D eigenvalue weighted by Crippen LogP contribution is 2.36. The number of alkyl halides is 1. The maximum atomic E-state index is 13.2. The van der Waals surface area contributed by atoms with E-state index in [1.807, 2.05) is 13.0 Å². The molecular weight excluding hydrogens is 261 g/mol. The van der Waals surface area contributed by atoms with Crippen molar-refractivity contribution < 1.29 is 4.39 Å². The van der Waals surface area contributed by atoms with E-state index in [1.165, 1.54) is 38.2 Å². The van der Waals surface area contributed by atoms with E-state index < -0.39 is 0 Å². The van der Waals surface area contributed by atoms with Crippen LogP contribution in [-0.4, -0.2) is 12.4 Å². The molecule has 0 unspecified atom stereocenters. The molecule has 0 saturated heterocycles. The van der Waals surface area contributed by atoms with E-state index >= 15 is 0 Å². The van der Waals surface area contributed by atoms with Crippen molar-refractivity contribution in [1.29, 1.82) is 0 Å². The first-order valence-corrected chi connectivity index (χ1v) is 7.70. The maximum Gasteiger partial charge on any atom is 0.123 e. The minimum Gasteiger partial charge on any atom is -0.312 e. The summed E-state index contributed by atoms with van der Waals surface area (Å²) in [6, 6.07) is 4.97. The van der Waals surface area contributed by atoms with Crippen LogP contribution in [0.5, 0.6) is 0 Å². The van der Waals surface area contributed by atoms with Gasteiger partial charge in [-0.15, -0.1) is 11.6 Å². The minimum atomic E-state index is -0.160. The molecule has 1 aliphatic rings. The number of rotatable bonds is 5. The molecule has 0 radical (unpaired) electrons. The minimum absolute atomic E-state index is 0.160. The van der Waals surface area contributed by atoms with Crippen LogP contribution >= 0.6 is 11.6 Å². The van der Waals surface area contributed by atoms with Gasteiger partial charge in [0.2, 0.25) is 0 Å². The molecule has 0 aromatic heterocycles. The molecule has 2 rings (SSSR count). The van der Waals surface area contributed by atoms with Crippen LogP contribution < -0.4 is 5.32 Å². The maximum absolute atomic E-state index is 13.2. The number of halogens is 2. The molecule has 3 heteroatoms. The van der Waals surface area contributed by atoms with Gasteiger partial charge < -0.3 is 5.32 Å². The van der Waals surface area contributed by atoms with E-state index in [9.17, 15) is 4.39 Å². The zero-order chi connectivity index (χ0) is 13.7. The summed E-state index contributed by atoms with van der Waals surface area (Å²) >= 11 is 6.18. The van der Waals surface area contributed by atoms with Gasteiger partial charge in [-0.25, -0.2) is 4.39 Å². The van der Waals surface area contributed by atoms with Crippen molar-refractivity contribution in [1.82, 2.24) is 5.32 Å². The lowest BCUT2D eigenvalue weighted by molar-refractivity contribution is 0.212. The van der Waals surface area contributed by atoms with Crippen molar-refractivity contribution in [2.45, 2.75) is 45.6 Å². The Kier molecular flexibility index (Phi) is 5.23. The first kappa shape index (κ1) is 14.8. The number of hydrogen-bond donors (Lipinski definition) is 1. The molecule has 1 N–H and O–H groups in total. The fraction of sp³-hybridized carbons (Fsp3) is 0.625. The predicted octanol–water partition coefficient (Wildman–Crippen LogP) is 4.41. The molecule has 0 spiro atoms. The van der Waals surface area contributed by atoms with Gasteiger partial charge in [-0.3, -0.25) is 0 Å². The van der Waals surface area contributed by atoms with Gasteiger partial charge in [-0.05, 0) is 48.4 Å². The molecule has 1 aromatic carbocycles. The Bertz CT molecular complexity index is 413. The third-order valence-electron chi connectivity index (χ3n) is 4.32. The zero-order valence-electron chi connectivity index (χ0n) is 11.6. The van der Waals surface area contributed by atoms with Crippen LogP contribution in [0.15, 0.2) is 18.2 Å². The molecule has 106 valence electrons. The second-order valence-electron chi connectivity index (χ2n) is 5.87. The molecule has 0 amide bonds. The molecule has 1 fully saturated rings. The van der Waals surface area contributed by atoms with Crippen LogP contribution in [-0.2, 0) is 6.54 Å². The highest BCUT2D eigenvalue weighted by molar-refractivity contribution is 6.18. The Morgan fingerprint density at radius 3 is 2.68 bits per heavy atom. The number of hydrogen-bond acceptors (Lipinski definition) is 1. The first-order valence-electron chi connectivity index (χ1n) is 7.17. The normalized spacial score (nSPS) is 18.5. The van der Waals surface area contributed by atoms with E-state index in [0.29, 0.717) is 0 Å². The zero-order valence-corrected chi connectivity index (χ0v) is 12.4. The van der Waals surface area contributed by atoms with Gasteiger partial charge in [0.15, 0.2) is 0 Å². The van der Waals surface area contributed by atoms with E-state index in [4.69, 9.17) is 11.6 Å². The first-order chi connectivity index (χ1) is 9.15. The molecule has 19 heavy (non-hydrogen) atoms. The van der Waals surface area contributed by atoms with Crippen LogP contribution in [0.25, 0.3) is 0 Å². The SMILES string of the molecule is Cc1ccc(F)cc1CNCC1(CCl)CCCCC1. The standard InChI is InChI=1S/C16H23ClFN/c1-13-5-6-15(18)9-14(13)10-19-12-16(11-17)7-3-2-4-8-16/h5-6,9,19H,2-4,7-8,10-12H2,1H3. The highest BCUT2D eigenvalue weighted by Gasteiger charge is 2.30. The number of aryl methyl sites for hydroxylation is 1. The molecule has 0 aliphatic heterocycles. The molecule has 1 saturated carbocycles. The van der Waals surface area contributed by atoms with Gasteiger partial charge in [-0.2, -0.15) is 0 Å². The van der Waals surface area contributed by atoms with Gasteiger partial charge in [0.1, 0.15) is 5.82 Å². The highest BCUT2D eigenvalue weighted by atomic mass is 35.5. The van der Waals surface area contributed by atoms with Gasteiger partial charge in [-0.1, -0.05) is 25.3 Å². The second kappa shape index (κ2) is 6.71. The van der Waals surface area contributed by atoms with E-state index in [0.717, 1.165) is 30.1 Å². The Balaban J connectivity index is 1.90. The van der Waals surface area contributed by atoms with Crippen LogP contribution in [0.3, 0.4) is 0 Å². The summed E-state index contributed by atoms with van der Waals surface area (Å²) in [5.41, 5.74) is 2.43. The molecule has 0 heterocycles. The summed E-state index contributed by atoms with van der Waals surface area (Å²) in [4.78, 5) is 0. The average molecular weight is 284 g/mol. The van der Waals surface area contributed by atoms with Gasteiger partial charge in [0.05, 0.1) is 0 Å². The summed E-state index contributed by atoms with van der Waals surface area (Å²) in [5.74, 6) is 0.564. The predicted molar refractivity (Wildman–Crippen MR) is 79.1 cm³/mol. The largest absolute Gasteiger partial charge is 0.312 e. The number of nitrogens with one attached hydrogen (secondary N) is 1. The van der Waals surface area contributed by atoms with Crippen molar-refractivity contribution in [3.05, 3.63) is 35.1 Å². The Morgan fingerprint density at radius 1 is 1.26 bits per heavy atom. The Labute approximate surface area is 120 Å². The summed E-state index contributed by atoms with van der Waals surface area (Å²) in [7, 11) is 0. The van der Waals surface area contributed by atoms with Crippen LogP contribution in [0.2, 0.25) is 0 Å². The fourth-order valence-electron chi connectivity index (χ4n) is 2.95. The smallest absolute Gasteiger partial charge is 0.123 e. The third kappa shape index (κ3) is 3.93. The Hall–Kier alpha value is -0.600. The van der Waals surface area contributed by atoms with Crippen molar-refractivity contribution in [2.24, 2.45) is 5.41 Å². The van der Waals surface area contributed by atoms with Crippen molar-refractivity contribution in [3.8, 4) is 0 Å². The number of benzene rings is 1. The lowest BCUT2D eigenvalue weighted by atomic mass is 9.75. The molecule has 0 atom stereocenters. The monoisotopic (exact) mass is 283 g/mol. The quantitative estimate of drug-likeness (QED) is 0.789. The summed E-state index contributed by atoms with van der Waals surface area (Å²) in [6.07, 6.45) is 6.33. The van der Waals surface area contributed by atoms with Crippen LogP contribution in [0.1, 0.15) is 43.2 Å². The molecule has 1 aliphatic carbocycles. The summed E-state index contributed by atoms with van der Waals surface area (Å²) in [6.45, 7) is 3.68. The van der Waals surface area contributed by atoms with E-state index in [1.54, 1.807) is 6.07 Å². The molecule has 1 aromatic rings. The molecule has 1 nitrogen and oxygen atoms in total. The lowest BCUT2D eigenvalue weighted by Crippen LogP contribution is -2.37. The van der Waals surface area contributed by atoms with Gasteiger partial charge in [0, 0.05) is 19.0 Å². The van der Waals surface area contributed by atoms with E-state index in [-0.39, 0.29) is 11.2 Å².